The van der Waals surface area contributed by atoms with Crippen LogP contribution in [-0.2, 0) is 22.9 Å². The first-order valence-corrected chi connectivity index (χ1v) is 8.04. The first-order chi connectivity index (χ1) is 8.40. The predicted molar refractivity (Wildman–Crippen MR) is 71.8 cm³/mol. The van der Waals surface area contributed by atoms with E-state index < -0.39 is 9.84 Å². The molecule has 98 valence electrons. The van der Waals surface area contributed by atoms with E-state index in [0.29, 0.717) is 5.75 Å². The van der Waals surface area contributed by atoms with Gasteiger partial charge in [-0.1, -0.05) is 12.1 Å². The van der Waals surface area contributed by atoms with Crippen LogP contribution >= 0.6 is 0 Å². The first kappa shape index (κ1) is 12.0. The summed E-state index contributed by atoms with van der Waals surface area (Å²) in [6.07, 6.45) is 0.725. The fraction of sp³-hybridized carbons (Fsp3) is 0.538. The van der Waals surface area contributed by atoms with Crippen molar-refractivity contribution >= 4 is 15.5 Å². The molecule has 0 radical (unpaired) electrons. The minimum Gasteiger partial charge on any atom is -0.398 e. The molecule has 5 heteroatoms. The van der Waals surface area contributed by atoms with Crippen LogP contribution in [0.5, 0.6) is 0 Å². The largest absolute Gasteiger partial charge is 0.398 e. The van der Waals surface area contributed by atoms with Gasteiger partial charge < -0.3 is 5.73 Å². The van der Waals surface area contributed by atoms with Crippen LogP contribution in [-0.4, -0.2) is 30.4 Å². The molecule has 1 atom stereocenters. The van der Waals surface area contributed by atoms with Crippen LogP contribution in [0.25, 0.3) is 0 Å². The lowest BCUT2D eigenvalue weighted by Gasteiger charge is -2.33. The molecule has 0 bridgehead atoms. The Morgan fingerprint density at radius 2 is 2.11 bits per heavy atom. The molecule has 0 spiro atoms. The Bertz CT molecular complexity index is 597. The second kappa shape index (κ2) is 3.71. The van der Waals surface area contributed by atoms with E-state index in [0.717, 1.165) is 25.2 Å². The van der Waals surface area contributed by atoms with E-state index >= 15 is 0 Å². The molecule has 2 N–H and O–H groups in total. The molecule has 0 aromatic heterocycles. The zero-order chi connectivity index (χ0) is 13.0. The Kier molecular flexibility index (Phi) is 2.47. The van der Waals surface area contributed by atoms with Gasteiger partial charge in [0.15, 0.2) is 9.84 Å². The van der Waals surface area contributed by atoms with Crippen LogP contribution in [0, 0.1) is 0 Å². The topological polar surface area (TPSA) is 63.4 Å². The molecule has 1 aromatic carbocycles. The van der Waals surface area contributed by atoms with Crippen molar-refractivity contribution in [3.8, 4) is 0 Å². The van der Waals surface area contributed by atoms with E-state index in [4.69, 9.17) is 5.73 Å². The highest BCUT2D eigenvalue weighted by molar-refractivity contribution is 7.91. The highest BCUT2D eigenvalue weighted by Crippen LogP contribution is 2.37. The van der Waals surface area contributed by atoms with Crippen LogP contribution in [0.15, 0.2) is 18.2 Å². The predicted octanol–water partition coefficient (Wildman–Crippen LogP) is 1.16. The molecule has 2 aliphatic heterocycles. The molecule has 1 saturated heterocycles. The van der Waals surface area contributed by atoms with Crippen LogP contribution in [0.3, 0.4) is 0 Å². The Hall–Kier alpha value is -1.07. The number of hydrogen-bond acceptors (Lipinski definition) is 4. The number of fused-ring (bicyclic) bond motifs is 1. The van der Waals surface area contributed by atoms with Crippen molar-refractivity contribution in [2.24, 2.45) is 0 Å². The van der Waals surface area contributed by atoms with Crippen molar-refractivity contribution in [3.63, 3.8) is 0 Å². The highest BCUT2D eigenvalue weighted by Gasteiger charge is 2.44. The summed E-state index contributed by atoms with van der Waals surface area (Å²) in [5.74, 6) is 0.583. The lowest BCUT2D eigenvalue weighted by Crippen LogP contribution is -2.44. The zero-order valence-electron chi connectivity index (χ0n) is 10.5. The third kappa shape index (κ3) is 1.82. The van der Waals surface area contributed by atoms with Crippen molar-refractivity contribution < 1.29 is 8.42 Å². The van der Waals surface area contributed by atoms with Crippen LogP contribution in [0.1, 0.15) is 24.5 Å². The number of sulfone groups is 1. The maximum Gasteiger partial charge on any atom is 0.152 e. The van der Waals surface area contributed by atoms with E-state index in [1.165, 1.54) is 11.1 Å². The summed E-state index contributed by atoms with van der Waals surface area (Å²) in [4.78, 5) is 2.26. The van der Waals surface area contributed by atoms with E-state index in [-0.39, 0.29) is 11.3 Å². The average molecular weight is 266 g/mol. The number of benzene rings is 1. The molecule has 2 aliphatic rings. The number of hydrogen-bond donors (Lipinski definition) is 1. The van der Waals surface area contributed by atoms with Gasteiger partial charge in [-0.2, -0.15) is 0 Å². The Balaban J connectivity index is 1.89. The summed E-state index contributed by atoms with van der Waals surface area (Å²) in [5.41, 5.74) is 8.98. The summed E-state index contributed by atoms with van der Waals surface area (Å²) in [6, 6.07) is 5.96. The fourth-order valence-corrected chi connectivity index (χ4v) is 5.24. The average Bonchev–Trinajstić information content (AvgIpc) is 2.82. The molecule has 0 saturated carbocycles. The summed E-state index contributed by atoms with van der Waals surface area (Å²) < 4.78 is 23.4. The molecule has 18 heavy (non-hydrogen) atoms. The normalized spacial score (nSPS) is 30.5. The van der Waals surface area contributed by atoms with Gasteiger partial charge in [-0.25, -0.2) is 8.42 Å². The van der Waals surface area contributed by atoms with Gasteiger partial charge in [-0.05, 0) is 30.5 Å². The van der Waals surface area contributed by atoms with Crippen LogP contribution in [0.2, 0.25) is 0 Å². The quantitative estimate of drug-likeness (QED) is 0.775. The Labute approximate surface area is 108 Å². The standard InChI is InChI=1S/C13H18N2O2S/c1-13(5-6-18(16,17)9-13)15-7-10-3-2-4-12(14)11(10)8-15/h2-4H,5-9,14H2,1H3. The summed E-state index contributed by atoms with van der Waals surface area (Å²) in [7, 11) is -2.86. The number of anilines is 1. The second-order valence-corrected chi connectivity index (χ2v) is 7.86. The fourth-order valence-electron chi connectivity index (χ4n) is 3.07. The molecule has 1 fully saturated rings. The number of rotatable bonds is 1. The van der Waals surface area contributed by atoms with Gasteiger partial charge in [-0.3, -0.25) is 4.90 Å². The zero-order valence-corrected chi connectivity index (χ0v) is 11.3. The second-order valence-electron chi connectivity index (χ2n) is 5.68. The van der Waals surface area contributed by atoms with E-state index in [1.54, 1.807) is 0 Å². The van der Waals surface area contributed by atoms with E-state index in [9.17, 15) is 8.42 Å². The van der Waals surface area contributed by atoms with Crippen molar-refractivity contribution in [2.45, 2.75) is 32.0 Å². The molecule has 0 aliphatic carbocycles. The summed E-state index contributed by atoms with van der Waals surface area (Å²) in [5, 5.41) is 0. The lowest BCUT2D eigenvalue weighted by molar-refractivity contribution is 0.125. The maximum atomic E-state index is 11.7. The monoisotopic (exact) mass is 266 g/mol. The number of nitrogen functional groups attached to an aromatic ring is 1. The third-order valence-electron chi connectivity index (χ3n) is 4.27. The van der Waals surface area contributed by atoms with Gasteiger partial charge in [-0.15, -0.1) is 0 Å². The van der Waals surface area contributed by atoms with Crippen LogP contribution in [0.4, 0.5) is 5.69 Å². The van der Waals surface area contributed by atoms with Crippen molar-refractivity contribution in [1.82, 2.24) is 4.90 Å². The Morgan fingerprint density at radius 1 is 1.33 bits per heavy atom. The highest BCUT2D eigenvalue weighted by atomic mass is 32.2. The van der Waals surface area contributed by atoms with Gasteiger partial charge in [0.05, 0.1) is 11.5 Å². The van der Waals surface area contributed by atoms with E-state index in [2.05, 4.69) is 17.9 Å². The van der Waals surface area contributed by atoms with Crippen molar-refractivity contribution in [1.29, 1.82) is 0 Å². The van der Waals surface area contributed by atoms with Gasteiger partial charge in [0.2, 0.25) is 0 Å². The maximum absolute atomic E-state index is 11.7. The van der Waals surface area contributed by atoms with Crippen LogP contribution < -0.4 is 5.73 Å². The smallest absolute Gasteiger partial charge is 0.152 e. The van der Waals surface area contributed by atoms with Gasteiger partial charge in [0, 0.05) is 24.3 Å². The Morgan fingerprint density at radius 3 is 2.72 bits per heavy atom. The van der Waals surface area contributed by atoms with E-state index in [1.807, 2.05) is 12.1 Å². The molecule has 4 nitrogen and oxygen atoms in total. The van der Waals surface area contributed by atoms with Crippen molar-refractivity contribution in [3.05, 3.63) is 29.3 Å². The third-order valence-corrected chi connectivity index (χ3v) is 6.15. The van der Waals surface area contributed by atoms with Crippen molar-refractivity contribution in [2.75, 3.05) is 17.2 Å². The number of nitrogens with two attached hydrogens (primary N) is 1. The molecule has 0 amide bonds. The minimum atomic E-state index is -2.86. The minimum absolute atomic E-state index is 0.232. The van der Waals surface area contributed by atoms with Gasteiger partial charge >= 0.3 is 0 Å². The molecular formula is C13H18N2O2S. The summed E-state index contributed by atoms with van der Waals surface area (Å²) >= 11 is 0. The van der Waals surface area contributed by atoms with Gasteiger partial charge in [0.25, 0.3) is 0 Å². The number of nitrogens with zero attached hydrogens (tertiary/aromatic N) is 1. The SMILES string of the molecule is CC1(N2Cc3cccc(N)c3C2)CCS(=O)(=O)C1. The molecule has 3 rings (SSSR count). The van der Waals surface area contributed by atoms with Gasteiger partial charge in [0.1, 0.15) is 0 Å². The summed E-state index contributed by atoms with van der Waals surface area (Å²) in [6.45, 7) is 3.64. The molecule has 2 heterocycles. The molecule has 1 unspecified atom stereocenters. The first-order valence-electron chi connectivity index (χ1n) is 6.21. The molecule has 1 aromatic rings. The molecular weight excluding hydrogens is 248 g/mol. The lowest BCUT2D eigenvalue weighted by atomic mass is 10.00.